The summed E-state index contributed by atoms with van der Waals surface area (Å²) in [5.41, 5.74) is 6.47. The Labute approximate surface area is 129 Å². The van der Waals surface area contributed by atoms with Gasteiger partial charge in [0.2, 0.25) is 11.8 Å². The first-order valence-electron chi connectivity index (χ1n) is 7.40. The molecule has 1 aromatic rings. The Morgan fingerprint density at radius 1 is 1.27 bits per heavy atom. The van der Waals surface area contributed by atoms with Gasteiger partial charge in [-0.1, -0.05) is 0 Å². The highest BCUT2D eigenvalue weighted by atomic mass is 16.2. The lowest BCUT2D eigenvalue weighted by atomic mass is 10.1. The number of carbonyl (C=O) groups is 3. The highest BCUT2D eigenvalue weighted by Crippen LogP contribution is 2.22. The Kier molecular flexibility index (Phi) is 4.80. The van der Waals surface area contributed by atoms with Crippen molar-refractivity contribution in [2.45, 2.75) is 32.7 Å². The normalized spacial score (nSPS) is 14.5. The summed E-state index contributed by atoms with van der Waals surface area (Å²) in [5.74, 6) is -0.675. The number of nitrogens with zero attached hydrogens (tertiary/aromatic N) is 2. The maximum atomic E-state index is 12.5. The Morgan fingerprint density at radius 2 is 1.91 bits per heavy atom. The average Bonchev–Trinajstić information content (AvgIpc) is 2.90. The van der Waals surface area contributed by atoms with E-state index in [9.17, 15) is 14.4 Å². The van der Waals surface area contributed by atoms with Crippen molar-refractivity contribution in [2.75, 3.05) is 18.0 Å². The number of anilines is 1. The third kappa shape index (κ3) is 3.44. The van der Waals surface area contributed by atoms with Crippen LogP contribution in [0, 0.1) is 0 Å². The van der Waals surface area contributed by atoms with Gasteiger partial charge >= 0.3 is 0 Å². The zero-order valence-electron chi connectivity index (χ0n) is 12.9. The molecule has 0 atom stereocenters. The fourth-order valence-corrected chi connectivity index (χ4v) is 2.53. The lowest BCUT2D eigenvalue weighted by Gasteiger charge is -2.25. The van der Waals surface area contributed by atoms with Crippen molar-refractivity contribution in [3.63, 3.8) is 0 Å². The van der Waals surface area contributed by atoms with Crippen molar-refractivity contribution in [1.82, 2.24) is 4.90 Å². The van der Waals surface area contributed by atoms with Gasteiger partial charge in [0.15, 0.2) is 0 Å². The third-order valence-corrected chi connectivity index (χ3v) is 3.71. The molecule has 1 heterocycles. The van der Waals surface area contributed by atoms with Gasteiger partial charge < -0.3 is 15.5 Å². The van der Waals surface area contributed by atoms with E-state index < -0.39 is 5.91 Å². The molecule has 0 aromatic heterocycles. The Hall–Kier alpha value is -2.37. The van der Waals surface area contributed by atoms with Gasteiger partial charge in [-0.25, -0.2) is 0 Å². The summed E-state index contributed by atoms with van der Waals surface area (Å²) < 4.78 is 0. The topological polar surface area (TPSA) is 83.7 Å². The maximum Gasteiger partial charge on any atom is 0.254 e. The van der Waals surface area contributed by atoms with Crippen molar-refractivity contribution in [2.24, 2.45) is 5.73 Å². The number of rotatable bonds is 5. The lowest BCUT2D eigenvalue weighted by Crippen LogP contribution is -2.42. The average molecular weight is 303 g/mol. The second-order valence-electron chi connectivity index (χ2n) is 5.69. The quantitative estimate of drug-likeness (QED) is 0.885. The van der Waals surface area contributed by atoms with E-state index in [0.717, 1.165) is 12.1 Å². The smallest absolute Gasteiger partial charge is 0.254 e. The van der Waals surface area contributed by atoms with Gasteiger partial charge in [-0.05, 0) is 44.5 Å². The minimum atomic E-state index is -0.540. The standard InChI is InChI=1S/C16H21N3O3/c1-11(2)19(10-14(17)20)16(22)12-5-7-13(8-6-12)18-9-3-4-15(18)21/h5-8,11H,3-4,9-10H2,1-2H3,(H2,17,20). The molecule has 1 aromatic carbocycles. The van der Waals surface area contributed by atoms with E-state index in [4.69, 9.17) is 5.73 Å². The van der Waals surface area contributed by atoms with E-state index in [0.29, 0.717) is 18.5 Å². The molecule has 0 bridgehead atoms. The van der Waals surface area contributed by atoms with E-state index in [1.807, 2.05) is 13.8 Å². The number of hydrogen-bond acceptors (Lipinski definition) is 3. The van der Waals surface area contributed by atoms with Crippen LogP contribution in [0.5, 0.6) is 0 Å². The van der Waals surface area contributed by atoms with Gasteiger partial charge in [-0.3, -0.25) is 14.4 Å². The molecule has 2 N–H and O–H groups in total. The molecular formula is C16H21N3O3. The van der Waals surface area contributed by atoms with Crippen molar-refractivity contribution < 1.29 is 14.4 Å². The van der Waals surface area contributed by atoms with Gasteiger partial charge in [0.05, 0.1) is 6.54 Å². The number of primary amides is 1. The van der Waals surface area contributed by atoms with Crippen LogP contribution in [-0.2, 0) is 9.59 Å². The molecule has 0 unspecified atom stereocenters. The Balaban J connectivity index is 2.16. The highest BCUT2D eigenvalue weighted by Gasteiger charge is 2.23. The monoisotopic (exact) mass is 303 g/mol. The van der Waals surface area contributed by atoms with Gasteiger partial charge in [0.1, 0.15) is 0 Å². The molecule has 2 rings (SSSR count). The largest absolute Gasteiger partial charge is 0.368 e. The van der Waals surface area contributed by atoms with Crippen LogP contribution >= 0.6 is 0 Å². The molecule has 1 fully saturated rings. The molecule has 1 saturated heterocycles. The van der Waals surface area contributed by atoms with Crippen LogP contribution in [0.4, 0.5) is 5.69 Å². The molecule has 22 heavy (non-hydrogen) atoms. The van der Waals surface area contributed by atoms with Crippen molar-refractivity contribution in [3.05, 3.63) is 29.8 Å². The number of benzene rings is 1. The molecule has 0 saturated carbocycles. The molecule has 3 amide bonds. The second-order valence-corrected chi connectivity index (χ2v) is 5.69. The first-order valence-corrected chi connectivity index (χ1v) is 7.40. The van der Waals surface area contributed by atoms with Crippen LogP contribution in [0.15, 0.2) is 24.3 Å². The van der Waals surface area contributed by atoms with E-state index in [1.165, 1.54) is 4.90 Å². The molecule has 6 heteroatoms. The first kappa shape index (κ1) is 16.0. The molecule has 0 radical (unpaired) electrons. The molecule has 6 nitrogen and oxygen atoms in total. The number of nitrogens with two attached hydrogens (primary N) is 1. The molecule has 1 aliphatic rings. The van der Waals surface area contributed by atoms with Crippen LogP contribution in [0.1, 0.15) is 37.0 Å². The van der Waals surface area contributed by atoms with Crippen LogP contribution < -0.4 is 10.6 Å². The van der Waals surface area contributed by atoms with Crippen molar-refractivity contribution in [3.8, 4) is 0 Å². The minimum absolute atomic E-state index is 0.108. The molecule has 0 spiro atoms. The lowest BCUT2D eigenvalue weighted by molar-refractivity contribution is -0.119. The van der Waals surface area contributed by atoms with Crippen LogP contribution in [0.25, 0.3) is 0 Å². The summed E-state index contributed by atoms with van der Waals surface area (Å²) in [7, 11) is 0. The zero-order valence-corrected chi connectivity index (χ0v) is 12.9. The zero-order chi connectivity index (χ0) is 16.3. The van der Waals surface area contributed by atoms with Crippen LogP contribution in [0.3, 0.4) is 0 Å². The molecular weight excluding hydrogens is 282 g/mol. The maximum absolute atomic E-state index is 12.5. The van der Waals surface area contributed by atoms with Crippen LogP contribution in [0.2, 0.25) is 0 Å². The fourth-order valence-electron chi connectivity index (χ4n) is 2.53. The first-order chi connectivity index (χ1) is 10.4. The van der Waals surface area contributed by atoms with E-state index in [1.54, 1.807) is 29.2 Å². The summed E-state index contributed by atoms with van der Waals surface area (Å²) in [6.45, 7) is 4.27. The van der Waals surface area contributed by atoms with E-state index in [2.05, 4.69) is 0 Å². The van der Waals surface area contributed by atoms with E-state index >= 15 is 0 Å². The van der Waals surface area contributed by atoms with Crippen LogP contribution in [-0.4, -0.2) is 41.8 Å². The number of hydrogen-bond donors (Lipinski definition) is 1. The SMILES string of the molecule is CC(C)N(CC(N)=O)C(=O)c1ccc(N2CCCC2=O)cc1. The summed E-state index contributed by atoms with van der Waals surface area (Å²) in [6.07, 6.45) is 1.43. The Morgan fingerprint density at radius 3 is 2.36 bits per heavy atom. The minimum Gasteiger partial charge on any atom is -0.368 e. The van der Waals surface area contributed by atoms with Crippen molar-refractivity contribution in [1.29, 1.82) is 0 Å². The van der Waals surface area contributed by atoms with Gasteiger partial charge in [0, 0.05) is 30.3 Å². The second kappa shape index (κ2) is 6.60. The van der Waals surface area contributed by atoms with Crippen molar-refractivity contribution >= 4 is 23.4 Å². The number of carbonyl (C=O) groups excluding carboxylic acids is 3. The van der Waals surface area contributed by atoms with E-state index in [-0.39, 0.29) is 24.4 Å². The van der Waals surface area contributed by atoms with Gasteiger partial charge in [-0.15, -0.1) is 0 Å². The molecule has 0 aliphatic carbocycles. The summed E-state index contributed by atoms with van der Waals surface area (Å²) in [5, 5.41) is 0. The molecule has 118 valence electrons. The summed E-state index contributed by atoms with van der Waals surface area (Å²) in [4.78, 5) is 38.4. The predicted molar refractivity (Wildman–Crippen MR) is 83.4 cm³/mol. The summed E-state index contributed by atoms with van der Waals surface area (Å²) >= 11 is 0. The predicted octanol–water partition coefficient (Wildman–Crippen LogP) is 1.15. The number of amides is 3. The molecule has 1 aliphatic heterocycles. The fraction of sp³-hybridized carbons (Fsp3) is 0.438. The van der Waals surface area contributed by atoms with Gasteiger partial charge in [0.25, 0.3) is 5.91 Å². The van der Waals surface area contributed by atoms with Gasteiger partial charge in [-0.2, -0.15) is 0 Å². The Bertz CT molecular complexity index is 581. The highest BCUT2D eigenvalue weighted by molar-refractivity contribution is 5.98. The third-order valence-electron chi connectivity index (χ3n) is 3.71. The summed E-state index contributed by atoms with van der Waals surface area (Å²) in [6, 6.07) is 6.76.